The van der Waals surface area contributed by atoms with E-state index in [-0.39, 0.29) is 6.10 Å². The minimum absolute atomic E-state index is 0.0722. The van der Waals surface area contributed by atoms with Crippen LogP contribution in [-0.2, 0) is 4.43 Å². The third kappa shape index (κ3) is 4.34. The summed E-state index contributed by atoms with van der Waals surface area (Å²) in [4.78, 5) is 0. The monoisotopic (exact) mass is 441 g/mol. The van der Waals surface area contributed by atoms with E-state index in [1.165, 1.54) is 12.8 Å². The number of hydrogen-bond acceptors (Lipinski definition) is 2. The van der Waals surface area contributed by atoms with Crippen LogP contribution in [0.1, 0.15) is 64.7 Å². The molecule has 0 heterocycles. The molecule has 0 spiro atoms. The number of rotatable bonds is 9. The molecule has 0 radical (unpaired) electrons. The average molecular weight is 443 g/mol. The lowest BCUT2D eigenvalue weighted by atomic mass is 9.97. The summed E-state index contributed by atoms with van der Waals surface area (Å²) in [6.45, 7) is 14.5. The molecule has 1 aromatic carbocycles. The third-order valence-electron chi connectivity index (χ3n) is 7.83. The molecule has 0 bridgehead atoms. The molecule has 0 saturated heterocycles. The molecule has 2 aliphatic carbocycles. The number of fused-ring (bicyclic) bond motifs is 1. The van der Waals surface area contributed by atoms with E-state index >= 15 is 0 Å². The lowest BCUT2D eigenvalue weighted by Gasteiger charge is -2.35. The maximum Gasteiger partial charge on any atom is 0.192 e. The topological polar surface area (TPSA) is 21.3 Å². The van der Waals surface area contributed by atoms with Gasteiger partial charge in [0.2, 0.25) is 0 Å². The second-order valence-corrected chi connectivity index (χ2v) is 15.1. The Bertz CT molecular complexity index is 659. The van der Waals surface area contributed by atoms with Crippen molar-refractivity contribution in [3.8, 4) is 0 Å². The van der Waals surface area contributed by atoms with Crippen LogP contribution in [0.5, 0.6) is 0 Å². The number of hydrogen-bond donors (Lipinski definition) is 1. The van der Waals surface area contributed by atoms with Gasteiger partial charge in [-0.1, -0.05) is 57.8 Å². The molecule has 1 aromatic rings. The second kappa shape index (κ2) is 8.59. The van der Waals surface area contributed by atoms with Gasteiger partial charge in [-0.05, 0) is 72.8 Å². The van der Waals surface area contributed by atoms with Crippen molar-refractivity contribution in [1.82, 2.24) is 5.32 Å². The number of halogens is 2. The van der Waals surface area contributed by atoms with Gasteiger partial charge >= 0.3 is 0 Å². The molecular formula is C23H37Cl2NOSi. The van der Waals surface area contributed by atoms with Crippen LogP contribution in [0.25, 0.3) is 0 Å². The summed E-state index contributed by atoms with van der Waals surface area (Å²) in [7, 11) is -1.78. The van der Waals surface area contributed by atoms with Gasteiger partial charge in [-0.25, -0.2) is 0 Å². The first kappa shape index (κ1) is 22.6. The van der Waals surface area contributed by atoms with E-state index in [0.717, 1.165) is 57.7 Å². The van der Waals surface area contributed by atoms with Crippen molar-refractivity contribution in [3.05, 3.63) is 33.3 Å². The quantitative estimate of drug-likeness (QED) is 0.403. The molecule has 2 nitrogen and oxygen atoms in total. The molecule has 2 aliphatic rings. The molecule has 0 amide bonds. The van der Waals surface area contributed by atoms with Gasteiger partial charge in [0.25, 0.3) is 0 Å². The Balaban J connectivity index is 1.77. The van der Waals surface area contributed by atoms with E-state index in [2.05, 4.69) is 39.9 Å². The van der Waals surface area contributed by atoms with Crippen molar-refractivity contribution in [1.29, 1.82) is 0 Å². The van der Waals surface area contributed by atoms with E-state index in [0.29, 0.717) is 11.5 Å². The van der Waals surface area contributed by atoms with Crippen LogP contribution in [0.3, 0.4) is 0 Å². The zero-order valence-corrected chi connectivity index (χ0v) is 20.9. The molecule has 3 atom stereocenters. The first-order valence-electron chi connectivity index (χ1n) is 11.0. The van der Waals surface area contributed by atoms with Gasteiger partial charge in [-0.2, -0.15) is 0 Å². The fourth-order valence-electron chi connectivity index (χ4n) is 5.47. The molecule has 5 heteroatoms. The summed E-state index contributed by atoms with van der Waals surface area (Å²) >= 11 is 13.3. The summed E-state index contributed by atoms with van der Waals surface area (Å²) < 4.78 is 6.92. The standard InChI is InChI=1S/C23H37Cl2NOSi/c1-7-28(8-2,9-3)27-21(22-19(24)10-15(4)11-20(22)25)14-26-16-12-17-18(13-16)23(17,5)6/h10-11,16-18,21,26H,7-9,12-14H2,1-6H3. The Morgan fingerprint density at radius 1 is 1.07 bits per heavy atom. The smallest absolute Gasteiger partial charge is 0.192 e. The predicted octanol–water partition coefficient (Wildman–Crippen LogP) is 7.39. The molecule has 1 N–H and O–H groups in total. The van der Waals surface area contributed by atoms with E-state index in [4.69, 9.17) is 27.6 Å². The van der Waals surface area contributed by atoms with Gasteiger partial charge in [0.1, 0.15) is 0 Å². The molecular weight excluding hydrogens is 405 g/mol. The largest absolute Gasteiger partial charge is 0.409 e. The second-order valence-electron chi connectivity index (χ2n) is 9.60. The fourth-order valence-corrected chi connectivity index (χ4v) is 9.11. The van der Waals surface area contributed by atoms with Gasteiger partial charge < -0.3 is 9.74 Å². The maximum absolute atomic E-state index is 6.92. The lowest BCUT2D eigenvalue weighted by molar-refractivity contribution is 0.179. The van der Waals surface area contributed by atoms with Crippen LogP contribution >= 0.6 is 23.2 Å². The van der Waals surface area contributed by atoms with Crippen molar-refractivity contribution >= 4 is 31.5 Å². The molecule has 3 unspecified atom stereocenters. The normalized spacial score (nSPS) is 26.9. The van der Waals surface area contributed by atoms with Crippen molar-refractivity contribution in [2.24, 2.45) is 17.3 Å². The van der Waals surface area contributed by atoms with Crippen LogP contribution < -0.4 is 5.32 Å². The van der Waals surface area contributed by atoms with E-state index in [1.54, 1.807) is 0 Å². The number of benzene rings is 1. The van der Waals surface area contributed by atoms with Gasteiger partial charge in [0.05, 0.1) is 6.10 Å². The van der Waals surface area contributed by atoms with Crippen molar-refractivity contribution in [3.63, 3.8) is 0 Å². The summed E-state index contributed by atoms with van der Waals surface area (Å²) in [6, 6.07) is 8.00. The molecule has 2 saturated carbocycles. The Labute approximate surface area is 182 Å². The average Bonchev–Trinajstić information content (AvgIpc) is 2.99. The van der Waals surface area contributed by atoms with Gasteiger partial charge in [-0.15, -0.1) is 0 Å². The molecule has 28 heavy (non-hydrogen) atoms. The first-order valence-corrected chi connectivity index (χ1v) is 14.3. The summed E-state index contributed by atoms with van der Waals surface area (Å²) in [6.07, 6.45) is 2.51. The van der Waals surface area contributed by atoms with E-state index in [1.807, 2.05) is 19.1 Å². The van der Waals surface area contributed by atoms with Crippen LogP contribution in [0.4, 0.5) is 0 Å². The van der Waals surface area contributed by atoms with Crippen LogP contribution in [0.2, 0.25) is 28.2 Å². The zero-order valence-electron chi connectivity index (χ0n) is 18.4. The Morgan fingerprint density at radius 2 is 1.57 bits per heavy atom. The highest BCUT2D eigenvalue weighted by atomic mass is 35.5. The summed E-state index contributed by atoms with van der Waals surface area (Å²) in [5.74, 6) is 1.79. The summed E-state index contributed by atoms with van der Waals surface area (Å²) in [5, 5.41) is 5.29. The lowest BCUT2D eigenvalue weighted by Crippen LogP contribution is -2.41. The molecule has 3 rings (SSSR count). The van der Waals surface area contributed by atoms with Crippen LogP contribution in [0, 0.1) is 24.2 Å². The van der Waals surface area contributed by atoms with Crippen LogP contribution in [0.15, 0.2) is 12.1 Å². The highest BCUT2D eigenvalue weighted by Gasteiger charge is 2.61. The molecule has 158 valence electrons. The predicted molar refractivity (Wildman–Crippen MR) is 124 cm³/mol. The highest BCUT2D eigenvalue weighted by Crippen LogP contribution is 2.66. The Morgan fingerprint density at radius 3 is 2.04 bits per heavy atom. The molecule has 0 aromatic heterocycles. The van der Waals surface area contributed by atoms with Crippen molar-refractivity contribution in [2.75, 3.05) is 6.54 Å². The molecule has 2 fully saturated rings. The van der Waals surface area contributed by atoms with Crippen molar-refractivity contribution in [2.45, 2.75) is 84.7 Å². The first-order chi connectivity index (χ1) is 13.2. The third-order valence-corrected chi connectivity index (χ3v) is 13.1. The van der Waals surface area contributed by atoms with E-state index < -0.39 is 8.32 Å². The minimum Gasteiger partial charge on any atom is -0.409 e. The fraction of sp³-hybridized carbons (Fsp3) is 0.739. The molecule has 0 aliphatic heterocycles. The number of aryl methyl sites for hydroxylation is 1. The van der Waals surface area contributed by atoms with Crippen LogP contribution in [-0.4, -0.2) is 20.9 Å². The Hall–Kier alpha value is -0.0631. The minimum atomic E-state index is -1.78. The van der Waals surface area contributed by atoms with E-state index in [9.17, 15) is 0 Å². The van der Waals surface area contributed by atoms with Gasteiger partial charge in [-0.3, -0.25) is 0 Å². The summed E-state index contributed by atoms with van der Waals surface area (Å²) in [5.41, 5.74) is 2.62. The Kier molecular flexibility index (Phi) is 6.94. The SMILES string of the molecule is CC[Si](CC)(CC)OC(CNC1CC2C(C1)C2(C)C)c1c(Cl)cc(C)cc1Cl. The van der Waals surface area contributed by atoms with Gasteiger partial charge in [0.15, 0.2) is 8.32 Å². The maximum atomic E-state index is 6.92. The highest BCUT2D eigenvalue weighted by molar-refractivity contribution is 6.73. The zero-order chi connectivity index (χ0) is 20.7. The van der Waals surface area contributed by atoms with Crippen molar-refractivity contribution < 1.29 is 4.43 Å². The van der Waals surface area contributed by atoms with Gasteiger partial charge in [0, 0.05) is 28.2 Å². The number of nitrogens with one attached hydrogen (secondary N) is 1.